The van der Waals surface area contributed by atoms with Crippen molar-refractivity contribution in [3.63, 3.8) is 0 Å². The summed E-state index contributed by atoms with van der Waals surface area (Å²) in [5, 5.41) is 18.2. The number of hydrogen-bond acceptors (Lipinski definition) is 7. The smallest absolute Gasteiger partial charge is 0.335 e. The van der Waals surface area contributed by atoms with Gasteiger partial charge in [-0.05, 0) is 104 Å². The van der Waals surface area contributed by atoms with Gasteiger partial charge in [0.15, 0.2) is 0 Å². The Hall–Kier alpha value is -5.57. The van der Waals surface area contributed by atoms with Crippen molar-refractivity contribution in [2.75, 3.05) is 38.7 Å². The van der Waals surface area contributed by atoms with Crippen molar-refractivity contribution in [1.82, 2.24) is 20.4 Å². The van der Waals surface area contributed by atoms with Gasteiger partial charge in [0.1, 0.15) is 13.2 Å². The second kappa shape index (κ2) is 19.9. The number of aromatic carboxylic acids is 1. The second-order valence-corrected chi connectivity index (χ2v) is 13.5. The molecule has 3 amide bonds. The van der Waals surface area contributed by atoms with Crippen molar-refractivity contribution in [3.8, 4) is 12.3 Å². The number of allylic oxidation sites excluding steroid dienone is 2. The van der Waals surface area contributed by atoms with Gasteiger partial charge in [-0.15, -0.1) is 6.42 Å². The highest BCUT2D eigenvalue weighted by Crippen LogP contribution is 2.34. The van der Waals surface area contributed by atoms with Gasteiger partial charge < -0.3 is 26.0 Å². The Morgan fingerprint density at radius 2 is 1.70 bits per heavy atom. The topological polar surface area (TPSA) is 143 Å². The van der Waals surface area contributed by atoms with Crippen molar-refractivity contribution in [2.24, 2.45) is 10.4 Å². The highest BCUT2D eigenvalue weighted by molar-refractivity contribution is 5.95. The number of aliphatic imine (C=N–C) groups is 1. The quantitative estimate of drug-likeness (QED) is 0.116. The Kier molecular flexibility index (Phi) is 15.1. The molecule has 1 aliphatic heterocycles. The van der Waals surface area contributed by atoms with Crippen LogP contribution in [0.25, 0.3) is 0 Å². The molecular weight excluding hydrogens is 668 g/mol. The van der Waals surface area contributed by atoms with Crippen LogP contribution in [0.4, 0.5) is 5.69 Å². The van der Waals surface area contributed by atoms with E-state index >= 15 is 0 Å². The van der Waals surface area contributed by atoms with E-state index in [1.807, 2.05) is 75.5 Å². The summed E-state index contributed by atoms with van der Waals surface area (Å²) in [6.07, 6.45) is 11.9. The molecule has 0 bridgehead atoms. The molecular formula is C42H50N6O5. The van der Waals surface area contributed by atoms with Gasteiger partial charge in [0.25, 0.3) is 0 Å². The molecule has 11 heteroatoms. The maximum atomic E-state index is 14.5. The minimum absolute atomic E-state index is 0.0755. The van der Waals surface area contributed by atoms with Crippen molar-refractivity contribution in [2.45, 2.75) is 59.2 Å². The fraction of sp³-hybridized carbons (Fsp3) is 0.357. The van der Waals surface area contributed by atoms with Crippen molar-refractivity contribution in [1.29, 1.82) is 0 Å². The average Bonchev–Trinajstić information content (AvgIpc) is 3.14. The van der Waals surface area contributed by atoms with Crippen molar-refractivity contribution in [3.05, 3.63) is 112 Å². The van der Waals surface area contributed by atoms with Gasteiger partial charge in [0.2, 0.25) is 17.7 Å². The molecule has 3 aromatic rings. The first-order valence-electron chi connectivity index (χ1n) is 17.9. The van der Waals surface area contributed by atoms with E-state index in [2.05, 4.69) is 31.8 Å². The fourth-order valence-corrected chi connectivity index (χ4v) is 6.46. The van der Waals surface area contributed by atoms with E-state index < -0.39 is 11.4 Å². The molecule has 1 heterocycles. The molecule has 0 spiro atoms. The Bertz CT molecular complexity index is 1840. The first-order valence-corrected chi connectivity index (χ1v) is 17.9. The van der Waals surface area contributed by atoms with Gasteiger partial charge in [-0.2, -0.15) is 0 Å². The molecule has 11 nitrogen and oxygen atoms in total. The molecule has 0 aromatic heterocycles. The summed E-state index contributed by atoms with van der Waals surface area (Å²) < 4.78 is 0. The number of carboxylic acids is 1. The van der Waals surface area contributed by atoms with E-state index in [1.165, 1.54) is 12.3 Å². The van der Waals surface area contributed by atoms with Gasteiger partial charge in [-0.25, -0.2) is 4.79 Å². The van der Waals surface area contributed by atoms with E-state index in [0.717, 1.165) is 27.8 Å². The Morgan fingerprint density at radius 1 is 0.981 bits per heavy atom. The number of hydrogen-bond donors (Lipinski definition) is 4. The molecule has 278 valence electrons. The normalized spacial score (nSPS) is 14.2. The zero-order valence-corrected chi connectivity index (χ0v) is 30.9. The van der Waals surface area contributed by atoms with Crippen LogP contribution in [0, 0.1) is 17.8 Å². The molecule has 1 saturated heterocycles. The number of aryl methyl sites for hydroxylation is 1. The van der Waals surface area contributed by atoms with Crippen LogP contribution in [0.3, 0.4) is 0 Å². The second-order valence-electron chi connectivity index (χ2n) is 13.5. The van der Waals surface area contributed by atoms with E-state index in [4.69, 9.17) is 6.42 Å². The molecule has 4 rings (SSSR count). The number of likely N-dealkylation sites (tertiary alicyclic amines) is 1. The number of rotatable bonds is 17. The van der Waals surface area contributed by atoms with Crippen LogP contribution in [0.15, 0.2) is 83.9 Å². The van der Waals surface area contributed by atoms with Gasteiger partial charge in [0, 0.05) is 37.0 Å². The molecule has 4 N–H and O–H groups in total. The maximum absolute atomic E-state index is 14.5. The number of terminal acetylenes is 1. The maximum Gasteiger partial charge on any atom is 0.335 e. The number of carbonyl (C=O) groups is 4. The minimum atomic E-state index is -0.956. The van der Waals surface area contributed by atoms with Crippen LogP contribution in [0.5, 0.6) is 0 Å². The lowest BCUT2D eigenvalue weighted by molar-refractivity contribution is -0.146. The first kappa shape index (κ1) is 40.2. The number of benzene rings is 3. The number of nitrogens with zero attached hydrogens (tertiary/aromatic N) is 3. The zero-order chi connectivity index (χ0) is 38.2. The molecule has 0 unspecified atom stereocenters. The largest absolute Gasteiger partial charge is 0.478 e. The van der Waals surface area contributed by atoms with E-state index in [-0.39, 0.29) is 49.5 Å². The van der Waals surface area contributed by atoms with Crippen molar-refractivity contribution < 1.29 is 24.3 Å². The lowest BCUT2D eigenvalue weighted by Crippen LogP contribution is -2.50. The Morgan fingerprint density at radius 3 is 2.36 bits per heavy atom. The van der Waals surface area contributed by atoms with Gasteiger partial charge >= 0.3 is 5.97 Å². The van der Waals surface area contributed by atoms with Gasteiger partial charge in [-0.3, -0.25) is 24.3 Å². The number of piperidine rings is 1. The highest BCUT2D eigenvalue weighted by Gasteiger charge is 2.40. The van der Waals surface area contributed by atoms with Crippen LogP contribution in [0.2, 0.25) is 0 Å². The SMILES string of the molecule is C#C/C=C\C=NCNC(=O)Cc1cc(NC(=O)CN(Cc2ccccc2CNC)C(=O)C2(C)CCN(Cc3ccc(C(=O)O)cc3)CC2)ccc1CC. The van der Waals surface area contributed by atoms with E-state index in [9.17, 15) is 24.3 Å². The summed E-state index contributed by atoms with van der Waals surface area (Å²) in [4.78, 5) is 60.1. The number of nitrogens with one attached hydrogen (secondary N) is 3. The van der Waals surface area contributed by atoms with Gasteiger partial charge in [0.05, 0.1) is 12.0 Å². The lowest BCUT2D eigenvalue weighted by atomic mass is 9.78. The monoisotopic (exact) mass is 718 g/mol. The molecule has 0 atom stereocenters. The Labute approximate surface area is 312 Å². The third-order valence-corrected chi connectivity index (χ3v) is 9.52. The van der Waals surface area contributed by atoms with Crippen LogP contribution in [-0.4, -0.2) is 78.2 Å². The summed E-state index contributed by atoms with van der Waals surface area (Å²) in [7, 11) is 1.87. The molecule has 0 saturated carbocycles. The summed E-state index contributed by atoms with van der Waals surface area (Å²) in [5.41, 5.74) is 4.94. The number of amides is 3. The van der Waals surface area contributed by atoms with Crippen molar-refractivity contribution >= 4 is 35.6 Å². The van der Waals surface area contributed by atoms with Crippen LogP contribution >= 0.6 is 0 Å². The van der Waals surface area contributed by atoms with Crippen LogP contribution in [0.1, 0.15) is 64.9 Å². The molecule has 0 aliphatic carbocycles. The Balaban J connectivity index is 1.46. The molecule has 1 fully saturated rings. The molecule has 0 radical (unpaired) electrons. The molecule has 53 heavy (non-hydrogen) atoms. The van der Waals surface area contributed by atoms with Crippen LogP contribution < -0.4 is 16.0 Å². The first-order chi connectivity index (χ1) is 25.5. The summed E-state index contributed by atoms with van der Waals surface area (Å²) >= 11 is 0. The lowest BCUT2D eigenvalue weighted by Gasteiger charge is -2.41. The molecule has 3 aromatic carbocycles. The third-order valence-electron chi connectivity index (χ3n) is 9.52. The predicted molar refractivity (Wildman–Crippen MR) is 208 cm³/mol. The number of anilines is 1. The van der Waals surface area contributed by atoms with Crippen LogP contribution in [-0.2, 0) is 46.9 Å². The zero-order valence-electron chi connectivity index (χ0n) is 30.9. The van der Waals surface area contributed by atoms with E-state index in [1.54, 1.807) is 23.1 Å². The summed E-state index contributed by atoms with van der Waals surface area (Å²) in [5.74, 6) is 0.808. The average molecular weight is 719 g/mol. The highest BCUT2D eigenvalue weighted by atomic mass is 16.4. The third kappa shape index (κ3) is 12.0. The summed E-state index contributed by atoms with van der Waals surface area (Å²) in [6, 6.07) is 20.3. The fourth-order valence-electron chi connectivity index (χ4n) is 6.46. The minimum Gasteiger partial charge on any atom is -0.478 e. The summed E-state index contributed by atoms with van der Waals surface area (Å²) in [6.45, 7) is 6.91. The molecule has 1 aliphatic rings. The number of carboxylic acid groups (broad SMARTS) is 1. The standard InChI is InChI=1S/C42H50N6O5/c1-5-7-10-21-44-30-45-38(49)25-36-24-37(18-17-32(36)6-2)46-39(50)29-48(28-35-12-9-8-11-34(35)26-43-4)41(53)42(3)19-22-47(23-20-42)27-31-13-15-33(16-14-31)40(51)52/h1,7-18,21,24,43H,6,19-20,22-23,25-30H2,2-4H3,(H,45,49)(H,46,50)(H,51,52)/b10-7-,44-21?. The van der Waals surface area contributed by atoms with E-state index in [0.29, 0.717) is 51.1 Å². The number of carbonyl (C=O) groups excluding carboxylic acids is 3. The van der Waals surface area contributed by atoms with Gasteiger partial charge in [-0.1, -0.05) is 62.2 Å². The predicted octanol–water partition coefficient (Wildman–Crippen LogP) is 4.81.